The summed E-state index contributed by atoms with van der Waals surface area (Å²) >= 11 is 0. The van der Waals surface area contributed by atoms with Gasteiger partial charge in [0.2, 0.25) is 5.82 Å². The van der Waals surface area contributed by atoms with E-state index in [1.165, 1.54) is 0 Å². The molecule has 0 saturated carbocycles. The van der Waals surface area contributed by atoms with Crippen molar-refractivity contribution in [3.63, 3.8) is 0 Å². The number of aromatic nitrogens is 3. The minimum absolute atomic E-state index is 0.286. The highest BCUT2D eigenvalue weighted by Crippen LogP contribution is 2.28. The van der Waals surface area contributed by atoms with E-state index < -0.39 is 40.7 Å². The number of carbonyl (C=O) groups is 1. The van der Waals surface area contributed by atoms with Crippen LogP contribution < -0.4 is 15.6 Å². The minimum Gasteiger partial charge on any atom is -0.387 e. The quantitative estimate of drug-likeness (QED) is 0.359. The van der Waals surface area contributed by atoms with Crippen LogP contribution in [0, 0.1) is 0 Å². The average molecular weight is 322 g/mol. The Morgan fingerprint density at radius 2 is 2.14 bits per heavy atom. The summed E-state index contributed by atoms with van der Waals surface area (Å²) in [5.74, 6) is -1.15. The third-order valence-corrected chi connectivity index (χ3v) is 3.38. The fourth-order valence-electron chi connectivity index (χ4n) is 1.83. The summed E-state index contributed by atoms with van der Waals surface area (Å²) in [6, 6.07) is 0. The first-order valence-corrected chi connectivity index (χ1v) is 7.23. The molecule has 7 N–H and O–H groups in total. The van der Waals surface area contributed by atoms with Gasteiger partial charge in [-0.2, -0.15) is 13.1 Å². The molecule has 1 fully saturated rings. The molecule has 0 bridgehead atoms. The molecule has 2 rings (SSSR count). The van der Waals surface area contributed by atoms with Crippen LogP contribution in [0.25, 0.3) is 0 Å². The highest BCUT2D eigenvalue weighted by molar-refractivity contribution is 7.87. The van der Waals surface area contributed by atoms with E-state index in [1.54, 1.807) is 0 Å². The van der Waals surface area contributed by atoms with E-state index in [0.29, 0.717) is 0 Å². The molecule has 0 unspecified atom stereocenters. The van der Waals surface area contributed by atoms with E-state index in [1.807, 2.05) is 4.72 Å². The van der Waals surface area contributed by atoms with E-state index in [0.717, 1.165) is 11.0 Å². The number of hydrogen-bond donors (Lipinski definition) is 5. The molecule has 13 heteroatoms. The van der Waals surface area contributed by atoms with Crippen LogP contribution in [-0.2, 0) is 14.9 Å². The molecule has 21 heavy (non-hydrogen) atoms. The summed E-state index contributed by atoms with van der Waals surface area (Å²) in [7, 11) is -3.96. The van der Waals surface area contributed by atoms with Gasteiger partial charge in [0.1, 0.15) is 24.6 Å². The molecular formula is C8H14N6O6S. The highest BCUT2D eigenvalue weighted by atomic mass is 32.2. The molecule has 1 aliphatic heterocycles. The lowest BCUT2D eigenvalue weighted by Crippen LogP contribution is -2.42. The Labute approximate surface area is 118 Å². The number of hydrogen-bond acceptors (Lipinski definition) is 8. The van der Waals surface area contributed by atoms with Gasteiger partial charge in [-0.15, -0.1) is 5.10 Å². The number of aliphatic hydroxyl groups is 2. The summed E-state index contributed by atoms with van der Waals surface area (Å²) in [5, 5.41) is 28.1. The molecule has 1 aromatic rings. The number of amides is 1. The van der Waals surface area contributed by atoms with Crippen LogP contribution in [-0.4, -0.2) is 64.2 Å². The van der Waals surface area contributed by atoms with Gasteiger partial charge in [0.25, 0.3) is 16.1 Å². The summed E-state index contributed by atoms with van der Waals surface area (Å²) in [5.41, 5.74) is 4.99. The van der Waals surface area contributed by atoms with Gasteiger partial charge in [-0.25, -0.2) is 14.8 Å². The Bertz CT molecular complexity index is 631. The molecule has 0 aliphatic carbocycles. The highest BCUT2D eigenvalue weighted by Gasteiger charge is 2.44. The van der Waals surface area contributed by atoms with Crippen molar-refractivity contribution in [3.8, 4) is 0 Å². The van der Waals surface area contributed by atoms with Gasteiger partial charge in [0.15, 0.2) is 6.23 Å². The van der Waals surface area contributed by atoms with E-state index >= 15 is 0 Å². The number of nitrogens with zero attached hydrogens (tertiary/aromatic N) is 3. The van der Waals surface area contributed by atoms with Gasteiger partial charge < -0.3 is 20.7 Å². The standard InChI is InChI=1S/C8H14N6O6S/c9-6(17)7-11-2-14(13-7)8-5(16)4(15)3(20-8)1-12-21(10,18)19/h2-5,8,12,15-16H,1H2,(H2,9,17)(H2,10,18,19)/t3-,4-,5-,8-/m1/s1. The van der Waals surface area contributed by atoms with Crippen molar-refractivity contribution >= 4 is 16.1 Å². The fourth-order valence-corrected chi connectivity index (χ4v) is 2.22. The van der Waals surface area contributed by atoms with Crippen LogP contribution in [0.1, 0.15) is 16.8 Å². The van der Waals surface area contributed by atoms with Crippen LogP contribution in [0.2, 0.25) is 0 Å². The van der Waals surface area contributed by atoms with E-state index in [-0.39, 0.29) is 12.4 Å². The zero-order chi connectivity index (χ0) is 15.8. The van der Waals surface area contributed by atoms with Gasteiger partial charge in [-0.3, -0.25) is 4.79 Å². The predicted molar refractivity (Wildman–Crippen MR) is 65.6 cm³/mol. The normalized spacial score (nSPS) is 29.7. The van der Waals surface area contributed by atoms with E-state index in [9.17, 15) is 23.4 Å². The first kappa shape index (κ1) is 15.7. The maximum absolute atomic E-state index is 10.9. The predicted octanol–water partition coefficient (Wildman–Crippen LogP) is -4.21. The van der Waals surface area contributed by atoms with Crippen LogP contribution >= 0.6 is 0 Å². The molecule has 4 atom stereocenters. The van der Waals surface area contributed by atoms with Gasteiger partial charge in [-0.1, -0.05) is 0 Å². The Hall–Kier alpha value is -1.64. The second-order valence-corrected chi connectivity index (χ2v) is 5.73. The van der Waals surface area contributed by atoms with Crippen molar-refractivity contribution in [3.05, 3.63) is 12.2 Å². The van der Waals surface area contributed by atoms with Crippen molar-refractivity contribution in [2.45, 2.75) is 24.5 Å². The number of aliphatic hydroxyl groups excluding tert-OH is 2. The number of ether oxygens (including phenoxy) is 1. The number of primary amides is 1. The fraction of sp³-hybridized carbons (Fsp3) is 0.625. The lowest BCUT2D eigenvalue weighted by Gasteiger charge is -2.14. The molecule has 1 saturated heterocycles. The molecule has 1 amide bonds. The minimum atomic E-state index is -3.96. The molecular weight excluding hydrogens is 308 g/mol. The molecule has 1 aliphatic rings. The number of rotatable bonds is 5. The summed E-state index contributed by atoms with van der Waals surface area (Å²) in [4.78, 5) is 14.5. The first-order valence-electron chi connectivity index (χ1n) is 5.69. The third-order valence-electron chi connectivity index (χ3n) is 2.81. The SMILES string of the molecule is NC(=O)c1ncn([C@@H]2O[C@H](CNS(N)(=O)=O)[C@@H](O)[C@H]2O)n1. The molecule has 2 heterocycles. The number of nitrogens with two attached hydrogens (primary N) is 2. The maximum atomic E-state index is 10.9. The van der Waals surface area contributed by atoms with E-state index in [4.69, 9.17) is 15.6 Å². The summed E-state index contributed by atoms with van der Waals surface area (Å²) in [6.45, 7) is -0.342. The lowest BCUT2D eigenvalue weighted by molar-refractivity contribution is -0.0428. The Morgan fingerprint density at radius 3 is 2.67 bits per heavy atom. The Morgan fingerprint density at radius 1 is 1.48 bits per heavy atom. The smallest absolute Gasteiger partial charge is 0.288 e. The van der Waals surface area contributed by atoms with Crippen molar-refractivity contribution in [2.75, 3.05) is 6.54 Å². The van der Waals surface area contributed by atoms with Crippen molar-refractivity contribution in [1.82, 2.24) is 19.5 Å². The Kier molecular flexibility index (Phi) is 4.22. The Balaban J connectivity index is 2.10. The zero-order valence-electron chi connectivity index (χ0n) is 10.5. The molecule has 12 nitrogen and oxygen atoms in total. The summed E-state index contributed by atoms with van der Waals surface area (Å²) < 4.78 is 29.8. The maximum Gasteiger partial charge on any atom is 0.288 e. The molecule has 1 aromatic heterocycles. The summed E-state index contributed by atoms with van der Waals surface area (Å²) in [6.07, 6.45) is -3.89. The van der Waals surface area contributed by atoms with Crippen LogP contribution in [0.5, 0.6) is 0 Å². The largest absolute Gasteiger partial charge is 0.387 e. The van der Waals surface area contributed by atoms with Crippen molar-refractivity contribution < 1.29 is 28.2 Å². The van der Waals surface area contributed by atoms with Crippen molar-refractivity contribution in [1.29, 1.82) is 0 Å². The van der Waals surface area contributed by atoms with Crippen LogP contribution in [0.15, 0.2) is 6.33 Å². The lowest BCUT2D eigenvalue weighted by atomic mass is 10.1. The van der Waals surface area contributed by atoms with Crippen molar-refractivity contribution in [2.24, 2.45) is 10.9 Å². The number of carbonyl (C=O) groups excluding carboxylic acids is 1. The van der Waals surface area contributed by atoms with Gasteiger partial charge in [0.05, 0.1) is 0 Å². The molecule has 0 spiro atoms. The molecule has 0 aromatic carbocycles. The second-order valence-electron chi connectivity index (χ2n) is 4.35. The monoisotopic (exact) mass is 322 g/mol. The van der Waals surface area contributed by atoms with Crippen LogP contribution in [0.3, 0.4) is 0 Å². The zero-order valence-corrected chi connectivity index (χ0v) is 11.3. The van der Waals surface area contributed by atoms with Gasteiger partial charge >= 0.3 is 0 Å². The molecule has 118 valence electrons. The molecule has 0 radical (unpaired) electrons. The third kappa shape index (κ3) is 3.52. The van der Waals surface area contributed by atoms with Gasteiger partial charge in [0, 0.05) is 6.54 Å². The average Bonchev–Trinajstić information content (AvgIpc) is 2.94. The first-order chi connectivity index (χ1) is 9.69. The van der Waals surface area contributed by atoms with Gasteiger partial charge in [-0.05, 0) is 0 Å². The topological polar surface area (TPSA) is 196 Å². The second kappa shape index (κ2) is 5.63. The van der Waals surface area contributed by atoms with Crippen LogP contribution in [0.4, 0.5) is 0 Å². The number of nitrogens with one attached hydrogen (secondary N) is 1. The van der Waals surface area contributed by atoms with E-state index in [2.05, 4.69) is 10.1 Å².